The van der Waals surface area contributed by atoms with E-state index in [0.717, 1.165) is 16.3 Å². The number of fused-ring (bicyclic) bond motifs is 1. The lowest BCUT2D eigenvalue weighted by molar-refractivity contribution is 0.481. The van der Waals surface area contributed by atoms with Gasteiger partial charge in [0.2, 0.25) is 0 Å². The molecule has 2 aromatic rings. The maximum atomic E-state index is 9.66. The maximum absolute atomic E-state index is 9.66. The van der Waals surface area contributed by atoms with E-state index < -0.39 is 0 Å². The number of nitriles is 1. The molecule has 1 N–H and O–H groups in total. The molecule has 2 nitrogen and oxygen atoms in total. The molecule has 0 saturated heterocycles. The molecule has 0 aliphatic rings. The van der Waals surface area contributed by atoms with Gasteiger partial charge in [0.25, 0.3) is 0 Å². The number of aromatic hydroxyl groups is 1. The van der Waals surface area contributed by atoms with Crippen LogP contribution in [0.15, 0.2) is 30.3 Å². The van der Waals surface area contributed by atoms with Crippen LogP contribution in [0.3, 0.4) is 0 Å². The van der Waals surface area contributed by atoms with Crippen molar-refractivity contribution in [2.24, 2.45) is 0 Å². The molecule has 2 aromatic carbocycles. The predicted octanol–water partition coefficient (Wildman–Crippen LogP) is 2.73. The van der Waals surface area contributed by atoms with Crippen LogP contribution in [0.1, 0.15) is 11.1 Å². The summed E-state index contributed by atoms with van der Waals surface area (Å²) in [5.41, 5.74) is 1.45. The summed E-state index contributed by atoms with van der Waals surface area (Å²) in [6.07, 6.45) is 0. The third-order valence-electron chi connectivity index (χ3n) is 2.33. The second kappa shape index (κ2) is 3.04. The van der Waals surface area contributed by atoms with Gasteiger partial charge >= 0.3 is 0 Å². The lowest BCUT2D eigenvalue weighted by Gasteiger charge is -2.05. The zero-order valence-corrected chi connectivity index (χ0v) is 7.78. The molecule has 0 atom stereocenters. The second-order valence-corrected chi connectivity index (χ2v) is 3.24. The monoisotopic (exact) mass is 183 g/mol. The largest absolute Gasteiger partial charge is 0.507 e. The van der Waals surface area contributed by atoms with Gasteiger partial charge in [0, 0.05) is 10.8 Å². The highest BCUT2D eigenvalue weighted by molar-refractivity contribution is 5.93. The van der Waals surface area contributed by atoms with Crippen molar-refractivity contribution >= 4 is 10.8 Å². The van der Waals surface area contributed by atoms with Crippen LogP contribution >= 0.6 is 0 Å². The van der Waals surface area contributed by atoms with Gasteiger partial charge in [0.15, 0.2) is 0 Å². The Balaban J connectivity index is 3.00. The van der Waals surface area contributed by atoms with Crippen LogP contribution in [0.5, 0.6) is 5.75 Å². The SMILES string of the molecule is Cc1cc(O)c2ccccc2c1C#N. The van der Waals surface area contributed by atoms with Gasteiger partial charge in [-0.3, -0.25) is 0 Å². The van der Waals surface area contributed by atoms with Gasteiger partial charge in [-0.15, -0.1) is 0 Å². The maximum Gasteiger partial charge on any atom is 0.123 e. The van der Waals surface area contributed by atoms with Crippen molar-refractivity contribution in [1.82, 2.24) is 0 Å². The smallest absolute Gasteiger partial charge is 0.123 e. The molecule has 68 valence electrons. The first kappa shape index (κ1) is 8.58. The molecule has 0 bridgehead atoms. The zero-order chi connectivity index (χ0) is 10.1. The minimum atomic E-state index is 0.233. The Labute approximate surface area is 82.0 Å². The van der Waals surface area contributed by atoms with Crippen LogP contribution in [0.2, 0.25) is 0 Å². The highest BCUT2D eigenvalue weighted by atomic mass is 16.3. The van der Waals surface area contributed by atoms with E-state index in [1.807, 2.05) is 31.2 Å². The number of phenols is 1. The minimum Gasteiger partial charge on any atom is -0.507 e. The lowest BCUT2D eigenvalue weighted by atomic mass is 10.00. The third kappa shape index (κ3) is 1.11. The molecule has 14 heavy (non-hydrogen) atoms. The summed E-state index contributed by atoms with van der Waals surface area (Å²) in [5, 5.41) is 20.2. The lowest BCUT2D eigenvalue weighted by Crippen LogP contribution is -1.85. The standard InChI is InChI=1S/C12H9NO/c1-8-6-12(14)10-5-3-2-4-9(10)11(8)7-13/h2-6,14H,1H3. The molecule has 0 heterocycles. The van der Waals surface area contributed by atoms with E-state index >= 15 is 0 Å². The summed E-state index contributed by atoms with van der Waals surface area (Å²) in [6, 6.07) is 11.1. The molecule has 2 rings (SSSR count). The number of benzene rings is 2. The van der Waals surface area contributed by atoms with Crippen molar-refractivity contribution in [2.75, 3.05) is 0 Å². The van der Waals surface area contributed by atoms with Crippen molar-refractivity contribution in [3.63, 3.8) is 0 Å². The summed E-state index contributed by atoms with van der Waals surface area (Å²) in [6.45, 7) is 1.82. The Hall–Kier alpha value is -2.01. The van der Waals surface area contributed by atoms with Crippen molar-refractivity contribution in [2.45, 2.75) is 6.92 Å². The van der Waals surface area contributed by atoms with Crippen LogP contribution in [-0.4, -0.2) is 5.11 Å². The quantitative estimate of drug-likeness (QED) is 0.682. The topological polar surface area (TPSA) is 44.0 Å². The van der Waals surface area contributed by atoms with Gasteiger partial charge in [-0.25, -0.2) is 0 Å². The van der Waals surface area contributed by atoms with E-state index in [9.17, 15) is 5.11 Å². The molecular formula is C12H9NO. The summed E-state index contributed by atoms with van der Waals surface area (Å²) < 4.78 is 0. The third-order valence-corrected chi connectivity index (χ3v) is 2.33. The Bertz CT molecular complexity index is 538. The predicted molar refractivity (Wildman–Crippen MR) is 55.1 cm³/mol. The highest BCUT2D eigenvalue weighted by Crippen LogP contribution is 2.29. The molecule has 0 fully saturated rings. The minimum absolute atomic E-state index is 0.233. The van der Waals surface area contributed by atoms with Crippen molar-refractivity contribution in [3.05, 3.63) is 41.5 Å². The molecule has 0 spiro atoms. The van der Waals surface area contributed by atoms with Crippen molar-refractivity contribution in [3.8, 4) is 11.8 Å². The molecule has 0 unspecified atom stereocenters. The number of rotatable bonds is 0. The fourth-order valence-corrected chi connectivity index (χ4v) is 1.64. The normalized spacial score (nSPS) is 10.0. The molecule has 0 aromatic heterocycles. The van der Waals surface area contributed by atoms with E-state index in [1.165, 1.54) is 0 Å². The van der Waals surface area contributed by atoms with Gasteiger partial charge in [0.05, 0.1) is 5.56 Å². The van der Waals surface area contributed by atoms with Crippen LogP contribution < -0.4 is 0 Å². The van der Waals surface area contributed by atoms with E-state index in [-0.39, 0.29) is 5.75 Å². The summed E-state index contributed by atoms with van der Waals surface area (Å²) >= 11 is 0. The first-order valence-corrected chi connectivity index (χ1v) is 4.35. The molecule has 0 aliphatic heterocycles. The first-order valence-electron chi connectivity index (χ1n) is 4.35. The van der Waals surface area contributed by atoms with Crippen molar-refractivity contribution < 1.29 is 5.11 Å². The number of hydrogen-bond acceptors (Lipinski definition) is 2. The Kier molecular flexibility index (Phi) is 1.86. The van der Waals surface area contributed by atoms with Crippen LogP contribution in [-0.2, 0) is 0 Å². The highest BCUT2D eigenvalue weighted by Gasteiger charge is 2.07. The zero-order valence-electron chi connectivity index (χ0n) is 7.78. The van der Waals surface area contributed by atoms with Crippen molar-refractivity contribution in [1.29, 1.82) is 5.26 Å². The molecule has 0 aliphatic carbocycles. The second-order valence-electron chi connectivity index (χ2n) is 3.24. The molecule has 0 amide bonds. The van der Waals surface area contributed by atoms with Gasteiger partial charge in [-0.2, -0.15) is 5.26 Å². The number of hydrogen-bond donors (Lipinski definition) is 1. The Morgan fingerprint density at radius 3 is 2.50 bits per heavy atom. The van der Waals surface area contributed by atoms with Gasteiger partial charge in [-0.05, 0) is 18.6 Å². The fourth-order valence-electron chi connectivity index (χ4n) is 1.64. The number of phenolic OH excluding ortho intramolecular Hbond substituents is 1. The number of aryl methyl sites for hydroxylation is 1. The molecule has 2 heteroatoms. The Morgan fingerprint density at radius 1 is 1.21 bits per heavy atom. The molecule has 0 radical (unpaired) electrons. The molecular weight excluding hydrogens is 174 g/mol. The average Bonchev–Trinajstić information content (AvgIpc) is 2.18. The van der Waals surface area contributed by atoms with E-state index in [1.54, 1.807) is 6.07 Å². The van der Waals surface area contributed by atoms with E-state index in [2.05, 4.69) is 6.07 Å². The fraction of sp³-hybridized carbons (Fsp3) is 0.0833. The number of nitrogens with zero attached hydrogens (tertiary/aromatic N) is 1. The summed E-state index contributed by atoms with van der Waals surface area (Å²) in [5.74, 6) is 0.233. The summed E-state index contributed by atoms with van der Waals surface area (Å²) in [4.78, 5) is 0. The van der Waals surface area contributed by atoms with E-state index in [0.29, 0.717) is 5.56 Å². The first-order chi connectivity index (χ1) is 6.74. The van der Waals surface area contributed by atoms with Crippen LogP contribution in [0, 0.1) is 18.3 Å². The summed E-state index contributed by atoms with van der Waals surface area (Å²) in [7, 11) is 0. The van der Waals surface area contributed by atoms with E-state index in [4.69, 9.17) is 5.26 Å². The van der Waals surface area contributed by atoms with Gasteiger partial charge in [-0.1, -0.05) is 24.3 Å². The van der Waals surface area contributed by atoms with Crippen LogP contribution in [0.25, 0.3) is 10.8 Å². The van der Waals surface area contributed by atoms with Crippen LogP contribution in [0.4, 0.5) is 0 Å². The Morgan fingerprint density at radius 2 is 1.86 bits per heavy atom. The van der Waals surface area contributed by atoms with Gasteiger partial charge < -0.3 is 5.11 Å². The average molecular weight is 183 g/mol. The molecule has 0 saturated carbocycles. The van der Waals surface area contributed by atoms with Gasteiger partial charge in [0.1, 0.15) is 11.8 Å².